The zero-order valence-corrected chi connectivity index (χ0v) is 15.3. The van der Waals surface area contributed by atoms with Gasteiger partial charge in [-0.2, -0.15) is 0 Å². The normalized spacial score (nSPS) is 18.6. The highest BCUT2D eigenvalue weighted by molar-refractivity contribution is 5.94. The van der Waals surface area contributed by atoms with Crippen molar-refractivity contribution in [3.05, 3.63) is 66.0 Å². The molecule has 0 saturated heterocycles. The van der Waals surface area contributed by atoms with E-state index in [4.69, 9.17) is 9.73 Å². The van der Waals surface area contributed by atoms with Gasteiger partial charge in [-0.1, -0.05) is 63.1 Å². The fourth-order valence-corrected chi connectivity index (χ4v) is 3.58. The van der Waals surface area contributed by atoms with Gasteiger partial charge in [0.2, 0.25) is 5.90 Å². The molecule has 132 valence electrons. The molecule has 1 aliphatic heterocycles. The minimum absolute atomic E-state index is 0.0452. The fourth-order valence-electron chi connectivity index (χ4n) is 3.58. The molecule has 0 fully saturated rings. The molecule has 0 N–H and O–H groups in total. The molecule has 3 nitrogen and oxygen atoms in total. The van der Waals surface area contributed by atoms with Gasteiger partial charge in [0.1, 0.15) is 17.3 Å². The van der Waals surface area contributed by atoms with E-state index in [0.717, 1.165) is 44.2 Å². The van der Waals surface area contributed by atoms with Crippen LogP contribution < -0.4 is 0 Å². The first-order valence-corrected chi connectivity index (χ1v) is 9.52. The van der Waals surface area contributed by atoms with E-state index in [0.29, 0.717) is 5.90 Å². The van der Waals surface area contributed by atoms with Crippen molar-refractivity contribution in [1.29, 1.82) is 0 Å². The topological polar surface area (TPSA) is 34.5 Å². The highest BCUT2D eigenvalue weighted by Gasteiger charge is 2.46. The summed E-state index contributed by atoms with van der Waals surface area (Å²) in [5.74, 6) is 0.696. The van der Waals surface area contributed by atoms with Gasteiger partial charge in [0.05, 0.1) is 0 Å². The molecule has 25 heavy (non-hydrogen) atoms. The van der Waals surface area contributed by atoms with Gasteiger partial charge < -0.3 is 4.74 Å². The Bertz CT molecular complexity index is 674. The Labute approximate surface area is 151 Å². The summed E-state index contributed by atoms with van der Waals surface area (Å²) in [5.41, 5.74) is 1.82. The van der Waals surface area contributed by atoms with E-state index in [1.807, 2.05) is 18.2 Å². The molecule has 0 bridgehead atoms. The average molecular weight is 336 g/mol. The molecule has 1 aliphatic rings. The second-order valence-electron chi connectivity index (χ2n) is 6.84. The van der Waals surface area contributed by atoms with Crippen LogP contribution in [0.2, 0.25) is 0 Å². The van der Waals surface area contributed by atoms with Crippen molar-refractivity contribution < 1.29 is 4.74 Å². The summed E-state index contributed by atoms with van der Waals surface area (Å²) < 4.78 is 6.59. The van der Waals surface area contributed by atoms with Crippen LogP contribution in [0.4, 0.5) is 0 Å². The fraction of sp³-hybridized carbons (Fsp3) is 0.455. The Morgan fingerprint density at radius 1 is 0.920 bits per heavy atom. The number of unbranched alkanes of at least 4 members (excludes halogenated alkanes) is 2. The average Bonchev–Trinajstić information content (AvgIpc) is 3.06. The monoisotopic (exact) mass is 336 g/mol. The number of hydrogen-bond acceptors (Lipinski definition) is 3. The smallest absolute Gasteiger partial charge is 0.236 e. The van der Waals surface area contributed by atoms with Crippen molar-refractivity contribution in [2.45, 2.75) is 64.0 Å². The Balaban J connectivity index is 1.99. The minimum atomic E-state index is -0.250. The van der Waals surface area contributed by atoms with Crippen LogP contribution in [-0.2, 0) is 4.74 Å². The van der Waals surface area contributed by atoms with Crippen LogP contribution in [0.25, 0.3) is 0 Å². The third kappa shape index (κ3) is 3.92. The number of aliphatic imine (C=N–C) groups is 1. The quantitative estimate of drug-likeness (QED) is 0.618. The molecule has 0 amide bonds. The number of pyridine rings is 1. The van der Waals surface area contributed by atoms with Gasteiger partial charge in [0.25, 0.3) is 0 Å². The molecule has 0 saturated carbocycles. The predicted molar refractivity (Wildman–Crippen MR) is 103 cm³/mol. The Morgan fingerprint density at radius 3 is 2.20 bits per heavy atom. The molecule has 3 rings (SSSR count). The van der Waals surface area contributed by atoms with Crippen LogP contribution in [0.1, 0.15) is 69.7 Å². The van der Waals surface area contributed by atoms with Crippen molar-refractivity contribution in [2.75, 3.05) is 0 Å². The number of ether oxygens (including phenoxy) is 1. The summed E-state index contributed by atoms with van der Waals surface area (Å²) in [6.45, 7) is 4.47. The van der Waals surface area contributed by atoms with Crippen molar-refractivity contribution in [1.82, 2.24) is 4.98 Å². The number of benzene rings is 1. The molecule has 2 heterocycles. The zero-order chi connectivity index (χ0) is 17.5. The van der Waals surface area contributed by atoms with Gasteiger partial charge >= 0.3 is 0 Å². The van der Waals surface area contributed by atoms with Gasteiger partial charge in [-0.3, -0.25) is 4.98 Å². The first-order chi connectivity index (χ1) is 12.3. The number of hydrogen-bond donors (Lipinski definition) is 0. The maximum absolute atomic E-state index is 6.59. The Hall–Kier alpha value is -2.16. The van der Waals surface area contributed by atoms with Gasteiger partial charge in [-0.25, -0.2) is 4.99 Å². The van der Waals surface area contributed by atoms with Crippen LogP contribution in [0.3, 0.4) is 0 Å². The van der Waals surface area contributed by atoms with E-state index in [1.165, 1.54) is 5.56 Å². The lowest BCUT2D eigenvalue weighted by Gasteiger charge is -2.34. The molecule has 2 aromatic rings. The standard InChI is InChI=1S/C22H28N2O/c1-3-5-15-22(16-6-4-2)20(18-12-8-7-9-13-18)24-21(25-22)19-14-10-11-17-23-19/h7-14,17,20H,3-6,15-16H2,1-2H3/t20-/m1/s1. The third-order valence-corrected chi connectivity index (χ3v) is 4.95. The summed E-state index contributed by atoms with van der Waals surface area (Å²) in [6, 6.07) is 16.5. The van der Waals surface area contributed by atoms with Crippen LogP contribution >= 0.6 is 0 Å². The minimum Gasteiger partial charge on any atom is -0.467 e. The molecule has 0 aliphatic carbocycles. The summed E-state index contributed by atoms with van der Waals surface area (Å²) in [5, 5.41) is 0. The maximum Gasteiger partial charge on any atom is 0.236 e. The largest absolute Gasteiger partial charge is 0.467 e. The SMILES string of the molecule is CCCCC1(CCCC)OC(c2ccccn2)=N[C@@H]1c1ccccc1. The van der Waals surface area contributed by atoms with Gasteiger partial charge in [0, 0.05) is 6.20 Å². The predicted octanol–water partition coefficient (Wildman–Crippen LogP) is 5.72. The first kappa shape index (κ1) is 17.7. The van der Waals surface area contributed by atoms with Gasteiger partial charge in [-0.15, -0.1) is 0 Å². The molecular formula is C22H28N2O. The molecule has 0 radical (unpaired) electrons. The number of nitrogens with zero attached hydrogens (tertiary/aromatic N) is 2. The summed E-state index contributed by atoms with van der Waals surface area (Å²) in [6.07, 6.45) is 8.49. The van der Waals surface area contributed by atoms with Crippen LogP contribution in [0.15, 0.2) is 59.7 Å². The van der Waals surface area contributed by atoms with E-state index in [1.54, 1.807) is 6.20 Å². The third-order valence-electron chi connectivity index (χ3n) is 4.95. The van der Waals surface area contributed by atoms with Crippen LogP contribution in [0.5, 0.6) is 0 Å². The summed E-state index contributed by atoms with van der Waals surface area (Å²) in [7, 11) is 0. The van der Waals surface area contributed by atoms with E-state index >= 15 is 0 Å². The molecule has 3 heteroatoms. The van der Waals surface area contributed by atoms with E-state index in [9.17, 15) is 0 Å². The molecular weight excluding hydrogens is 308 g/mol. The lowest BCUT2D eigenvalue weighted by molar-refractivity contribution is 0.0328. The van der Waals surface area contributed by atoms with Crippen LogP contribution in [-0.4, -0.2) is 16.5 Å². The van der Waals surface area contributed by atoms with Crippen molar-refractivity contribution in [2.24, 2.45) is 4.99 Å². The molecule has 1 aromatic heterocycles. The summed E-state index contributed by atoms with van der Waals surface area (Å²) >= 11 is 0. The number of aromatic nitrogens is 1. The van der Waals surface area contributed by atoms with Gasteiger partial charge in [0.15, 0.2) is 0 Å². The van der Waals surface area contributed by atoms with Crippen molar-refractivity contribution in [3.8, 4) is 0 Å². The second kappa shape index (κ2) is 8.28. The van der Waals surface area contributed by atoms with Crippen LogP contribution in [0, 0.1) is 0 Å². The highest BCUT2D eigenvalue weighted by Crippen LogP contribution is 2.45. The lowest BCUT2D eigenvalue weighted by Crippen LogP contribution is -2.36. The number of rotatable bonds is 8. The molecule has 0 unspecified atom stereocenters. The zero-order valence-electron chi connectivity index (χ0n) is 15.3. The first-order valence-electron chi connectivity index (χ1n) is 9.52. The Morgan fingerprint density at radius 2 is 1.60 bits per heavy atom. The second-order valence-corrected chi connectivity index (χ2v) is 6.84. The van der Waals surface area contributed by atoms with E-state index in [2.05, 4.69) is 49.2 Å². The summed E-state index contributed by atoms with van der Waals surface area (Å²) in [4.78, 5) is 9.48. The lowest BCUT2D eigenvalue weighted by atomic mass is 9.81. The molecule has 0 spiro atoms. The Kier molecular flexibility index (Phi) is 5.85. The van der Waals surface area contributed by atoms with E-state index < -0.39 is 0 Å². The van der Waals surface area contributed by atoms with Crippen molar-refractivity contribution in [3.63, 3.8) is 0 Å². The van der Waals surface area contributed by atoms with Crippen molar-refractivity contribution >= 4 is 5.90 Å². The highest BCUT2D eigenvalue weighted by atomic mass is 16.5. The molecule has 1 atom stereocenters. The molecule has 1 aromatic carbocycles. The maximum atomic E-state index is 6.59. The van der Waals surface area contributed by atoms with E-state index in [-0.39, 0.29) is 11.6 Å². The van der Waals surface area contributed by atoms with Gasteiger partial charge in [-0.05, 0) is 43.4 Å².